The molecule has 2 atom stereocenters. The van der Waals surface area contributed by atoms with E-state index in [1.54, 1.807) is 27.4 Å². The second kappa shape index (κ2) is 4.77. The van der Waals surface area contributed by atoms with Gasteiger partial charge in [-0.3, -0.25) is 0 Å². The standard InChI is InChI=1S/C13H16O4/c1-15-9-6-8-4-5-10(16-2)13(14)12(8)11(7-9)17-3/h4-7,10,13-14H,1-3H3/t10-,13+/m1/s1. The van der Waals surface area contributed by atoms with E-state index < -0.39 is 6.10 Å². The lowest BCUT2D eigenvalue weighted by molar-refractivity contribution is 0.0137. The van der Waals surface area contributed by atoms with Crippen molar-refractivity contribution in [3.63, 3.8) is 0 Å². The number of hydrogen-bond acceptors (Lipinski definition) is 4. The van der Waals surface area contributed by atoms with Crippen LogP contribution in [0.4, 0.5) is 0 Å². The van der Waals surface area contributed by atoms with Crippen molar-refractivity contribution in [2.75, 3.05) is 21.3 Å². The number of fused-ring (bicyclic) bond motifs is 1. The normalized spacial score (nSPS) is 22.1. The van der Waals surface area contributed by atoms with Gasteiger partial charge < -0.3 is 19.3 Å². The van der Waals surface area contributed by atoms with Gasteiger partial charge in [0.05, 0.1) is 14.2 Å². The molecule has 0 saturated heterocycles. The Hall–Kier alpha value is -1.52. The Balaban J connectivity index is 2.54. The molecule has 0 radical (unpaired) electrons. The highest BCUT2D eigenvalue weighted by atomic mass is 16.5. The third kappa shape index (κ3) is 2.01. The molecule has 0 amide bonds. The highest BCUT2D eigenvalue weighted by molar-refractivity contribution is 5.65. The van der Waals surface area contributed by atoms with Crippen LogP contribution in [0.25, 0.3) is 6.08 Å². The zero-order valence-electron chi connectivity index (χ0n) is 10.1. The fourth-order valence-electron chi connectivity index (χ4n) is 2.04. The summed E-state index contributed by atoms with van der Waals surface area (Å²) >= 11 is 0. The fourth-order valence-corrected chi connectivity index (χ4v) is 2.04. The van der Waals surface area contributed by atoms with Crippen LogP contribution in [0, 0.1) is 0 Å². The molecule has 1 aromatic carbocycles. The molecule has 0 aliphatic heterocycles. The van der Waals surface area contributed by atoms with E-state index in [0.717, 1.165) is 11.1 Å². The average Bonchev–Trinajstić information content (AvgIpc) is 2.37. The molecular formula is C13H16O4. The molecule has 0 unspecified atom stereocenters. The van der Waals surface area contributed by atoms with E-state index in [-0.39, 0.29) is 6.10 Å². The molecule has 0 aromatic heterocycles. The molecule has 1 aliphatic rings. The number of benzene rings is 1. The van der Waals surface area contributed by atoms with Gasteiger partial charge in [0.2, 0.25) is 0 Å². The van der Waals surface area contributed by atoms with Crippen molar-refractivity contribution in [2.45, 2.75) is 12.2 Å². The number of aliphatic hydroxyl groups is 1. The lowest BCUT2D eigenvalue weighted by Crippen LogP contribution is -2.22. The quantitative estimate of drug-likeness (QED) is 0.869. The molecular weight excluding hydrogens is 220 g/mol. The van der Waals surface area contributed by atoms with Gasteiger partial charge in [0.25, 0.3) is 0 Å². The summed E-state index contributed by atoms with van der Waals surface area (Å²) in [6, 6.07) is 3.62. The van der Waals surface area contributed by atoms with Crippen LogP contribution in [-0.4, -0.2) is 32.5 Å². The van der Waals surface area contributed by atoms with Crippen molar-refractivity contribution in [3.05, 3.63) is 29.3 Å². The molecule has 17 heavy (non-hydrogen) atoms. The largest absolute Gasteiger partial charge is 0.497 e. The molecule has 0 heterocycles. The topological polar surface area (TPSA) is 47.9 Å². The van der Waals surface area contributed by atoms with Crippen LogP contribution >= 0.6 is 0 Å². The second-order valence-electron chi connectivity index (χ2n) is 3.84. The predicted octanol–water partition coefficient (Wildman–Crippen LogP) is 1.78. The summed E-state index contributed by atoms with van der Waals surface area (Å²) in [4.78, 5) is 0. The number of methoxy groups -OCH3 is 3. The maximum absolute atomic E-state index is 10.2. The minimum Gasteiger partial charge on any atom is -0.497 e. The third-order valence-corrected chi connectivity index (χ3v) is 2.95. The first kappa shape index (κ1) is 12.0. The SMILES string of the molecule is COc1cc2c(c(OC)c1)[C@@H](O)[C@H](OC)C=C2. The summed E-state index contributed by atoms with van der Waals surface area (Å²) < 4.78 is 15.7. The number of hydrogen-bond donors (Lipinski definition) is 1. The van der Waals surface area contributed by atoms with E-state index in [0.29, 0.717) is 11.5 Å². The van der Waals surface area contributed by atoms with E-state index in [1.165, 1.54) is 0 Å². The lowest BCUT2D eigenvalue weighted by atomic mass is 9.91. The molecule has 2 rings (SSSR count). The molecule has 0 saturated carbocycles. The van der Waals surface area contributed by atoms with Crippen molar-refractivity contribution >= 4 is 6.08 Å². The maximum Gasteiger partial charge on any atom is 0.129 e. The van der Waals surface area contributed by atoms with E-state index in [2.05, 4.69) is 0 Å². The number of ether oxygens (including phenoxy) is 3. The van der Waals surface area contributed by atoms with Crippen molar-refractivity contribution in [1.82, 2.24) is 0 Å². The first-order valence-electron chi connectivity index (χ1n) is 5.36. The highest BCUT2D eigenvalue weighted by Crippen LogP contribution is 2.39. The van der Waals surface area contributed by atoms with Gasteiger partial charge in [-0.25, -0.2) is 0 Å². The van der Waals surface area contributed by atoms with Gasteiger partial charge >= 0.3 is 0 Å². The summed E-state index contributed by atoms with van der Waals surface area (Å²) in [5.41, 5.74) is 1.63. The molecule has 0 fully saturated rings. The smallest absolute Gasteiger partial charge is 0.129 e. The Morgan fingerprint density at radius 1 is 1.12 bits per heavy atom. The Kier molecular flexibility index (Phi) is 3.36. The van der Waals surface area contributed by atoms with Crippen LogP contribution in [0.3, 0.4) is 0 Å². The van der Waals surface area contributed by atoms with Crippen LogP contribution in [0.5, 0.6) is 11.5 Å². The minimum atomic E-state index is -0.721. The highest BCUT2D eigenvalue weighted by Gasteiger charge is 2.28. The van der Waals surface area contributed by atoms with Gasteiger partial charge in [0.1, 0.15) is 23.7 Å². The Labute approximate surface area is 100 Å². The average molecular weight is 236 g/mol. The first-order chi connectivity index (χ1) is 8.21. The number of rotatable bonds is 3. The van der Waals surface area contributed by atoms with Crippen LogP contribution in [0.2, 0.25) is 0 Å². The fraction of sp³-hybridized carbons (Fsp3) is 0.385. The molecule has 1 N–H and O–H groups in total. The van der Waals surface area contributed by atoms with Crippen molar-refractivity contribution in [1.29, 1.82) is 0 Å². The van der Waals surface area contributed by atoms with Crippen molar-refractivity contribution in [2.24, 2.45) is 0 Å². The summed E-state index contributed by atoms with van der Waals surface area (Å²) in [5, 5.41) is 10.2. The molecule has 1 aromatic rings. The summed E-state index contributed by atoms with van der Waals surface area (Å²) in [6.45, 7) is 0. The minimum absolute atomic E-state index is 0.343. The third-order valence-electron chi connectivity index (χ3n) is 2.95. The van der Waals surface area contributed by atoms with E-state index in [4.69, 9.17) is 14.2 Å². The van der Waals surface area contributed by atoms with E-state index >= 15 is 0 Å². The van der Waals surface area contributed by atoms with E-state index in [9.17, 15) is 5.11 Å². The zero-order valence-corrected chi connectivity index (χ0v) is 10.1. The Morgan fingerprint density at radius 2 is 1.88 bits per heavy atom. The summed E-state index contributed by atoms with van der Waals surface area (Å²) in [6.07, 6.45) is 2.67. The molecule has 4 nitrogen and oxygen atoms in total. The lowest BCUT2D eigenvalue weighted by Gasteiger charge is -2.26. The van der Waals surface area contributed by atoms with Crippen molar-refractivity contribution < 1.29 is 19.3 Å². The molecule has 92 valence electrons. The Morgan fingerprint density at radius 3 is 2.47 bits per heavy atom. The maximum atomic E-state index is 10.2. The summed E-state index contributed by atoms with van der Waals surface area (Å²) in [5.74, 6) is 1.31. The van der Waals surface area contributed by atoms with Crippen LogP contribution < -0.4 is 9.47 Å². The summed E-state index contributed by atoms with van der Waals surface area (Å²) in [7, 11) is 4.74. The zero-order chi connectivity index (χ0) is 12.4. The van der Waals surface area contributed by atoms with Gasteiger partial charge in [0.15, 0.2) is 0 Å². The number of aliphatic hydroxyl groups excluding tert-OH is 1. The van der Waals surface area contributed by atoms with Crippen molar-refractivity contribution in [3.8, 4) is 11.5 Å². The molecule has 4 heteroatoms. The monoisotopic (exact) mass is 236 g/mol. The first-order valence-corrected chi connectivity index (χ1v) is 5.36. The van der Waals surface area contributed by atoms with Gasteiger partial charge in [-0.05, 0) is 11.6 Å². The van der Waals surface area contributed by atoms with E-state index in [1.807, 2.05) is 18.2 Å². The van der Waals surface area contributed by atoms with Gasteiger partial charge in [-0.1, -0.05) is 12.2 Å². The van der Waals surface area contributed by atoms with Gasteiger partial charge in [-0.15, -0.1) is 0 Å². The van der Waals surface area contributed by atoms with Gasteiger partial charge in [0, 0.05) is 18.7 Å². The van der Waals surface area contributed by atoms with Crippen LogP contribution in [-0.2, 0) is 4.74 Å². The van der Waals surface area contributed by atoms with Gasteiger partial charge in [-0.2, -0.15) is 0 Å². The second-order valence-corrected chi connectivity index (χ2v) is 3.84. The Bertz CT molecular complexity index is 439. The van der Waals surface area contributed by atoms with Crippen LogP contribution in [0.15, 0.2) is 18.2 Å². The molecule has 1 aliphatic carbocycles. The molecule has 0 bridgehead atoms. The van der Waals surface area contributed by atoms with Crippen LogP contribution in [0.1, 0.15) is 17.2 Å². The molecule has 0 spiro atoms. The predicted molar refractivity (Wildman–Crippen MR) is 64.3 cm³/mol.